The van der Waals surface area contributed by atoms with Gasteiger partial charge in [-0.05, 0) is 26.8 Å². The molecule has 14 heavy (non-hydrogen) atoms. The highest BCUT2D eigenvalue weighted by Gasteiger charge is 2.18. The van der Waals surface area contributed by atoms with Gasteiger partial charge in [-0.2, -0.15) is 4.98 Å². The van der Waals surface area contributed by atoms with Crippen LogP contribution in [-0.4, -0.2) is 25.1 Å². The van der Waals surface area contributed by atoms with Gasteiger partial charge in [0, 0.05) is 13.1 Å². The largest absolute Gasteiger partial charge is 0.427 e. The summed E-state index contributed by atoms with van der Waals surface area (Å²) in [6.45, 7) is 4.92. The predicted molar refractivity (Wildman–Crippen MR) is 55.5 cm³/mol. The van der Waals surface area contributed by atoms with E-state index >= 15 is 0 Å². The van der Waals surface area contributed by atoms with E-state index in [2.05, 4.69) is 15.2 Å². The molecular formula is C10H17N3O. The van der Waals surface area contributed by atoms with Crippen LogP contribution in [-0.2, 0) is 6.54 Å². The van der Waals surface area contributed by atoms with Crippen molar-refractivity contribution in [2.75, 3.05) is 25.0 Å². The number of hydrogen-bond acceptors (Lipinski definition) is 4. The fraction of sp³-hybridized carbons (Fsp3) is 0.700. The molecule has 1 aliphatic rings. The maximum atomic E-state index is 5.69. The van der Waals surface area contributed by atoms with Crippen molar-refractivity contribution in [2.45, 2.75) is 26.3 Å². The molecule has 0 bridgehead atoms. The van der Waals surface area contributed by atoms with Crippen molar-refractivity contribution >= 4 is 6.01 Å². The number of hydrogen-bond donors (Lipinski definition) is 1. The fourth-order valence-electron chi connectivity index (χ4n) is 1.78. The molecule has 1 aromatic rings. The van der Waals surface area contributed by atoms with Crippen LogP contribution in [0.4, 0.5) is 6.01 Å². The molecule has 1 saturated heterocycles. The molecule has 0 aliphatic carbocycles. The first kappa shape index (κ1) is 9.52. The summed E-state index contributed by atoms with van der Waals surface area (Å²) >= 11 is 0. The molecular weight excluding hydrogens is 178 g/mol. The molecule has 0 radical (unpaired) electrons. The van der Waals surface area contributed by atoms with Crippen LogP contribution < -0.4 is 10.2 Å². The van der Waals surface area contributed by atoms with E-state index in [1.165, 1.54) is 12.8 Å². The smallest absolute Gasteiger partial charge is 0.297 e. The van der Waals surface area contributed by atoms with E-state index in [0.29, 0.717) is 0 Å². The zero-order valence-electron chi connectivity index (χ0n) is 8.84. The minimum atomic E-state index is 0.757. The van der Waals surface area contributed by atoms with Gasteiger partial charge in [-0.25, -0.2) is 0 Å². The average molecular weight is 195 g/mol. The van der Waals surface area contributed by atoms with Crippen LogP contribution in [0.15, 0.2) is 4.42 Å². The van der Waals surface area contributed by atoms with Gasteiger partial charge < -0.3 is 14.6 Å². The van der Waals surface area contributed by atoms with Gasteiger partial charge >= 0.3 is 0 Å². The molecule has 1 fully saturated rings. The first-order valence-corrected chi connectivity index (χ1v) is 5.17. The molecule has 0 unspecified atom stereocenters. The lowest BCUT2D eigenvalue weighted by atomic mass is 10.4. The summed E-state index contributed by atoms with van der Waals surface area (Å²) in [7, 11) is 1.91. The van der Waals surface area contributed by atoms with E-state index in [1.54, 1.807) is 0 Å². The van der Waals surface area contributed by atoms with Crippen LogP contribution in [0.5, 0.6) is 0 Å². The van der Waals surface area contributed by atoms with Gasteiger partial charge in [0.15, 0.2) is 0 Å². The molecule has 2 heterocycles. The molecule has 0 atom stereocenters. The molecule has 0 spiro atoms. The lowest BCUT2D eigenvalue weighted by Gasteiger charge is -2.10. The third-order valence-electron chi connectivity index (χ3n) is 2.60. The molecule has 78 valence electrons. The summed E-state index contributed by atoms with van der Waals surface area (Å²) in [6, 6.07) is 0.797. The van der Waals surface area contributed by atoms with Crippen molar-refractivity contribution in [1.82, 2.24) is 10.3 Å². The number of aromatic nitrogens is 1. The average Bonchev–Trinajstić information content (AvgIpc) is 2.76. The summed E-state index contributed by atoms with van der Waals surface area (Å²) in [4.78, 5) is 6.64. The molecule has 1 aromatic heterocycles. The Morgan fingerprint density at radius 2 is 2.14 bits per heavy atom. The predicted octanol–water partition coefficient (Wildman–Crippen LogP) is 1.30. The van der Waals surface area contributed by atoms with Crippen molar-refractivity contribution in [3.8, 4) is 0 Å². The quantitative estimate of drug-likeness (QED) is 0.789. The van der Waals surface area contributed by atoms with E-state index in [-0.39, 0.29) is 0 Å². The Labute approximate surface area is 84.3 Å². The summed E-state index contributed by atoms with van der Waals surface area (Å²) < 4.78 is 5.69. The Kier molecular flexibility index (Phi) is 2.72. The van der Waals surface area contributed by atoms with Crippen LogP contribution in [0.25, 0.3) is 0 Å². The first-order chi connectivity index (χ1) is 6.81. The third-order valence-corrected chi connectivity index (χ3v) is 2.60. The second kappa shape index (κ2) is 4.00. The Balaban J connectivity index is 2.14. The van der Waals surface area contributed by atoms with Gasteiger partial charge in [0.1, 0.15) is 5.76 Å². The molecule has 2 rings (SSSR count). The van der Waals surface area contributed by atoms with E-state index in [9.17, 15) is 0 Å². The van der Waals surface area contributed by atoms with Crippen molar-refractivity contribution in [3.05, 3.63) is 11.5 Å². The molecule has 4 nitrogen and oxygen atoms in total. The number of oxazole rings is 1. The van der Waals surface area contributed by atoms with Gasteiger partial charge in [0.05, 0.1) is 12.2 Å². The Morgan fingerprint density at radius 1 is 1.43 bits per heavy atom. The normalized spacial score (nSPS) is 16.6. The van der Waals surface area contributed by atoms with E-state index in [1.807, 2.05) is 14.0 Å². The molecule has 1 N–H and O–H groups in total. The minimum Gasteiger partial charge on any atom is -0.427 e. The molecule has 4 heteroatoms. The lowest BCUT2D eigenvalue weighted by molar-refractivity contribution is 0.485. The van der Waals surface area contributed by atoms with Gasteiger partial charge in [-0.15, -0.1) is 0 Å². The van der Waals surface area contributed by atoms with Crippen molar-refractivity contribution in [2.24, 2.45) is 0 Å². The second-order valence-electron chi connectivity index (χ2n) is 3.73. The van der Waals surface area contributed by atoms with Gasteiger partial charge in [-0.1, -0.05) is 0 Å². The standard InChI is InChI=1S/C10H17N3O/c1-8-9(7-11-2)14-10(12-8)13-5-3-4-6-13/h11H,3-7H2,1-2H3. The molecule has 1 aliphatic heterocycles. The lowest BCUT2D eigenvalue weighted by Crippen LogP contribution is -2.17. The number of rotatable bonds is 3. The van der Waals surface area contributed by atoms with E-state index in [0.717, 1.165) is 37.1 Å². The third kappa shape index (κ3) is 1.75. The maximum Gasteiger partial charge on any atom is 0.297 e. The molecule has 0 aromatic carbocycles. The number of nitrogens with one attached hydrogen (secondary N) is 1. The summed E-state index contributed by atoms with van der Waals surface area (Å²) in [5.41, 5.74) is 1.00. The number of aryl methyl sites for hydroxylation is 1. The second-order valence-corrected chi connectivity index (χ2v) is 3.73. The highest BCUT2D eigenvalue weighted by atomic mass is 16.4. The Bertz CT molecular complexity index is 302. The Morgan fingerprint density at radius 3 is 2.79 bits per heavy atom. The maximum absolute atomic E-state index is 5.69. The summed E-state index contributed by atoms with van der Waals surface area (Å²) in [5, 5.41) is 3.08. The topological polar surface area (TPSA) is 41.3 Å². The zero-order chi connectivity index (χ0) is 9.97. The van der Waals surface area contributed by atoms with Crippen molar-refractivity contribution < 1.29 is 4.42 Å². The molecule has 0 amide bonds. The Hall–Kier alpha value is -1.03. The fourth-order valence-corrected chi connectivity index (χ4v) is 1.78. The van der Waals surface area contributed by atoms with E-state index in [4.69, 9.17) is 4.42 Å². The monoisotopic (exact) mass is 195 g/mol. The molecule has 0 saturated carbocycles. The summed E-state index contributed by atoms with van der Waals surface area (Å²) in [5.74, 6) is 0.953. The first-order valence-electron chi connectivity index (χ1n) is 5.17. The van der Waals surface area contributed by atoms with Crippen molar-refractivity contribution in [1.29, 1.82) is 0 Å². The highest BCUT2D eigenvalue weighted by Crippen LogP contribution is 2.22. The highest BCUT2D eigenvalue weighted by molar-refractivity contribution is 5.30. The van der Waals surface area contributed by atoms with Gasteiger partial charge in [-0.3, -0.25) is 0 Å². The summed E-state index contributed by atoms with van der Waals surface area (Å²) in [6.07, 6.45) is 2.51. The number of nitrogens with zero attached hydrogens (tertiary/aromatic N) is 2. The van der Waals surface area contributed by atoms with Crippen LogP contribution in [0, 0.1) is 6.92 Å². The minimum absolute atomic E-state index is 0.757. The number of anilines is 1. The zero-order valence-corrected chi connectivity index (χ0v) is 8.84. The van der Waals surface area contributed by atoms with Crippen molar-refractivity contribution in [3.63, 3.8) is 0 Å². The van der Waals surface area contributed by atoms with Gasteiger partial charge in [0.25, 0.3) is 6.01 Å². The van der Waals surface area contributed by atoms with Crippen LogP contribution >= 0.6 is 0 Å². The van der Waals surface area contributed by atoms with E-state index < -0.39 is 0 Å². The SMILES string of the molecule is CNCc1oc(N2CCCC2)nc1C. The van der Waals surface area contributed by atoms with Crippen LogP contribution in [0.2, 0.25) is 0 Å². The van der Waals surface area contributed by atoms with Crippen LogP contribution in [0.1, 0.15) is 24.3 Å². The van der Waals surface area contributed by atoms with Crippen LogP contribution in [0.3, 0.4) is 0 Å². The van der Waals surface area contributed by atoms with Gasteiger partial charge in [0.2, 0.25) is 0 Å².